The van der Waals surface area contributed by atoms with E-state index in [4.69, 9.17) is 0 Å². The summed E-state index contributed by atoms with van der Waals surface area (Å²) < 4.78 is 1.74. The molecule has 0 aliphatic carbocycles. The molecule has 4 heteroatoms. The average Bonchev–Trinajstić information content (AvgIpc) is 2.74. The highest BCUT2D eigenvalue weighted by Crippen LogP contribution is 2.40. The van der Waals surface area contributed by atoms with E-state index in [-0.39, 0.29) is 0 Å². The van der Waals surface area contributed by atoms with Gasteiger partial charge in [0.15, 0.2) is 0 Å². The summed E-state index contributed by atoms with van der Waals surface area (Å²) in [6, 6.07) is 9.78. The summed E-state index contributed by atoms with van der Waals surface area (Å²) >= 11 is 4.91. The van der Waals surface area contributed by atoms with E-state index in [1.807, 2.05) is 35.7 Å². The monoisotopic (exact) mass is 305 g/mol. The van der Waals surface area contributed by atoms with Gasteiger partial charge in [-0.25, -0.2) is 0 Å². The highest BCUT2D eigenvalue weighted by Gasteiger charge is 2.12. The molecule has 0 saturated heterocycles. The molecule has 0 bridgehead atoms. The lowest BCUT2D eigenvalue weighted by Crippen LogP contribution is -1.82. The van der Waals surface area contributed by atoms with Gasteiger partial charge in [-0.3, -0.25) is 4.98 Å². The Kier molecular flexibility index (Phi) is 2.61. The number of rotatable bonds is 1. The second kappa shape index (κ2) is 4.13. The van der Waals surface area contributed by atoms with Crippen LogP contribution < -0.4 is 0 Å². The third-order valence-electron chi connectivity index (χ3n) is 2.60. The highest BCUT2D eigenvalue weighted by molar-refractivity contribution is 9.10. The van der Waals surface area contributed by atoms with Gasteiger partial charge in [0.25, 0.3) is 0 Å². The van der Waals surface area contributed by atoms with E-state index in [0.29, 0.717) is 5.75 Å². The number of nitrogens with zero attached hydrogens (tertiary/aromatic N) is 1. The Bertz CT molecular complexity index is 678. The number of benzene rings is 1. The minimum Gasteiger partial charge on any atom is -0.506 e. The highest BCUT2D eigenvalue weighted by atomic mass is 79.9. The van der Waals surface area contributed by atoms with Crippen LogP contribution in [0.25, 0.3) is 21.3 Å². The van der Waals surface area contributed by atoms with Crippen molar-refractivity contribution in [2.45, 2.75) is 0 Å². The molecule has 2 heterocycles. The first kappa shape index (κ1) is 10.7. The number of hydrogen-bond acceptors (Lipinski definition) is 3. The summed E-state index contributed by atoms with van der Waals surface area (Å²) in [5.74, 6) is 0.303. The average molecular weight is 306 g/mol. The maximum Gasteiger partial charge on any atom is 0.144 e. The molecule has 1 aromatic carbocycles. The molecule has 0 spiro atoms. The number of fused-ring (bicyclic) bond motifs is 1. The van der Waals surface area contributed by atoms with Gasteiger partial charge in [0.05, 0.1) is 14.7 Å². The van der Waals surface area contributed by atoms with Gasteiger partial charge in [-0.1, -0.05) is 30.3 Å². The van der Waals surface area contributed by atoms with Gasteiger partial charge in [0.1, 0.15) is 5.75 Å². The third kappa shape index (κ3) is 1.73. The van der Waals surface area contributed by atoms with Gasteiger partial charge >= 0.3 is 0 Å². The standard InChI is InChI=1S/C13H8BrNOS/c14-10-7-17-13-11(10)15-6-9(12(13)16)8-4-2-1-3-5-8/h1-7H,(H,15,16). The Balaban J connectivity index is 2.29. The number of halogens is 1. The summed E-state index contributed by atoms with van der Waals surface area (Å²) in [5, 5.41) is 12.2. The molecule has 0 aliphatic heterocycles. The maximum absolute atomic E-state index is 10.3. The molecule has 2 nitrogen and oxygen atoms in total. The summed E-state index contributed by atoms with van der Waals surface area (Å²) in [4.78, 5) is 4.38. The van der Waals surface area contributed by atoms with Crippen LogP contribution in [-0.2, 0) is 0 Å². The van der Waals surface area contributed by atoms with Gasteiger partial charge in [-0.05, 0) is 21.5 Å². The van der Waals surface area contributed by atoms with Crippen molar-refractivity contribution >= 4 is 37.5 Å². The topological polar surface area (TPSA) is 33.1 Å². The molecule has 0 aliphatic rings. The van der Waals surface area contributed by atoms with E-state index >= 15 is 0 Å². The summed E-state index contributed by atoms with van der Waals surface area (Å²) in [6.45, 7) is 0. The number of hydrogen-bond donors (Lipinski definition) is 1. The Morgan fingerprint density at radius 1 is 1.18 bits per heavy atom. The second-order valence-corrected chi connectivity index (χ2v) is 5.38. The van der Waals surface area contributed by atoms with E-state index in [9.17, 15) is 5.11 Å². The molecular formula is C13H8BrNOS. The van der Waals surface area contributed by atoms with Crippen molar-refractivity contribution in [1.82, 2.24) is 4.98 Å². The van der Waals surface area contributed by atoms with E-state index in [0.717, 1.165) is 25.8 Å². The SMILES string of the molecule is Oc1c(-c2ccccc2)cnc2c(Br)csc12. The van der Waals surface area contributed by atoms with Crippen LogP contribution in [0.15, 0.2) is 46.4 Å². The van der Waals surface area contributed by atoms with E-state index in [2.05, 4.69) is 20.9 Å². The second-order valence-electron chi connectivity index (χ2n) is 3.65. The van der Waals surface area contributed by atoms with Crippen molar-refractivity contribution in [3.63, 3.8) is 0 Å². The minimum absolute atomic E-state index is 0.303. The first-order valence-corrected chi connectivity index (χ1v) is 6.74. The molecule has 1 N–H and O–H groups in total. The largest absolute Gasteiger partial charge is 0.506 e. The van der Waals surface area contributed by atoms with Crippen molar-refractivity contribution < 1.29 is 5.11 Å². The quantitative estimate of drug-likeness (QED) is 0.721. The molecule has 0 fully saturated rings. The molecule has 3 aromatic rings. The summed E-state index contributed by atoms with van der Waals surface area (Å²) in [7, 11) is 0. The van der Waals surface area contributed by atoms with Crippen LogP contribution in [0.1, 0.15) is 0 Å². The molecule has 0 saturated carbocycles. The van der Waals surface area contributed by atoms with Crippen LogP contribution in [-0.4, -0.2) is 10.1 Å². The van der Waals surface area contributed by atoms with Crippen molar-refractivity contribution in [2.24, 2.45) is 0 Å². The van der Waals surface area contributed by atoms with Crippen LogP contribution in [0, 0.1) is 0 Å². The fourth-order valence-electron chi connectivity index (χ4n) is 1.76. The zero-order chi connectivity index (χ0) is 11.8. The zero-order valence-electron chi connectivity index (χ0n) is 8.72. The van der Waals surface area contributed by atoms with Crippen LogP contribution in [0.3, 0.4) is 0 Å². The molecule has 0 amide bonds. The predicted molar refractivity (Wildman–Crippen MR) is 74.4 cm³/mol. The van der Waals surface area contributed by atoms with Crippen LogP contribution >= 0.6 is 27.3 Å². The first-order chi connectivity index (χ1) is 8.27. The first-order valence-electron chi connectivity index (χ1n) is 5.07. The van der Waals surface area contributed by atoms with Crippen molar-refractivity contribution in [1.29, 1.82) is 0 Å². The maximum atomic E-state index is 10.3. The molecule has 3 rings (SSSR count). The van der Waals surface area contributed by atoms with Gasteiger partial charge < -0.3 is 5.11 Å². The Labute approximate surface area is 111 Å². The fourth-order valence-corrected chi connectivity index (χ4v) is 3.30. The number of aromatic hydroxyl groups is 1. The molecule has 17 heavy (non-hydrogen) atoms. The smallest absolute Gasteiger partial charge is 0.144 e. The fraction of sp³-hybridized carbons (Fsp3) is 0. The Morgan fingerprint density at radius 2 is 1.94 bits per heavy atom. The van der Waals surface area contributed by atoms with Gasteiger partial charge in [-0.15, -0.1) is 11.3 Å². The number of thiophene rings is 1. The molecule has 84 valence electrons. The Morgan fingerprint density at radius 3 is 2.71 bits per heavy atom. The van der Waals surface area contributed by atoms with Crippen molar-refractivity contribution in [3.8, 4) is 16.9 Å². The lowest BCUT2D eigenvalue weighted by Gasteiger charge is -2.04. The molecule has 0 atom stereocenters. The van der Waals surface area contributed by atoms with E-state index < -0.39 is 0 Å². The van der Waals surface area contributed by atoms with Crippen LogP contribution in [0.4, 0.5) is 0 Å². The Hall–Kier alpha value is -1.39. The van der Waals surface area contributed by atoms with Crippen molar-refractivity contribution in [2.75, 3.05) is 0 Å². The summed E-state index contributed by atoms with van der Waals surface area (Å²) in [5.41, 5.74) is 2.56. The normalized spacial score (nSPS) is 10.9. The van der Waals surface area contributed by atoms with Crippen LogP contribution in [0.2, 0.25) is 0 Å². The minimum atomic E-state index is 0.303. The lowest BCUT2D eigenvalue weighted by molar-refractivity contribution is 0.484. The van der Waals surface area contributed by atoms with E-state index in [1.165, 1.54) is 11.3 Å². The zero-order valence-corrected chi connectivity index (χ0v) is 11.1. The molecule has 2 aromatic heterocycles. The molecule has 0 unspecified atom stereocenters. The van der Waals surface area contributed by atoms with Gasteiger partial charge in [0, 0.05) is 17.1 Å². The van der Waals surface area contributed by atoms with Crippen LogP contribution in [0.5, 0.6) is 5.75 Å². The number of aromatic nitrogens is 1. The predicted octanol–water partition coefficient (Wildman–Crippen LogP) is 4.43. The van der Waals surface area contributed by atoms with Gasteiger partial charge in [-0.2, -0.15) is 0 Å². The molecule has 0 radical (unpaired) electrons. The number of pyridine rings is 1. The van der Waals surface area contributed by atoms with E-state index in [1.54, 1.807) is 6.20 Å². The third-order valence-corrected chi connectivity index (χ3v) is 4.48. The summed E-state index contributed by atoms with van der Waals surface area (Å²) in [6.07, 6.45) is 1.71. The van der Waals surface area contributed by atoms with Crippen molar-refractivity contribution in [3.05, 3.63) is 46.4 Å². The molecular weight excluding hydrogens is 298 g/mol. The van der Waals surface area contributed by atoms with Gasteiger partial charge in [0.2, 0.25) is 0 Å². The lowest BCUT2D eigenvalue weighted by atomic mass is 10.1.